The average molecular weight is 198 g/mol. The van der Waals surface area contributed by atoms with Crippen molar-refractivity contribution in [1.29, 1.82) is 0 Å². The number of carbonyl (C=O) groups is 1. The van der Waals surface area contributed by atoms with Gasteiger partial charge in [-0.05, 0) is 25.7 Å². The molecule has 3 nitrogen and oxygen atoms in total. The quantitative estimate of drug-likeness (QED) is 0.512. The van der Waals surface area contributed by atoms with Crippen molar-refractivity contribution in [3.8, 4) is 0 Å². The van der Waals surface area contributed by atoms with Gasteiger partial charge in [-0.15, -0.1) is 0 Å². The molecule has 0 spiro atoms. The summed E-state index contributed by atoms with van der Waals surface area (Å²) >= 11 is 0. The Morgan fingerprint density at radius 2 is 2.00 bits per heavy atom. The number of esters is 1. The van der Waals surface area contributed by atoms with Crippen molar-refractivity contribution in [2.45, 2.75) is 38.2 Å². The van der Waals surface area contributed by atoms with Crippen molar-refractivity contribution in [3.63, 3.8) is 0 Å². The van der Waals surface area contributed by atoms with Crippen LogP contribution in [0.5, 0.6) is 0 Å². The molecule has 0 aromatic rings. The summed E-state index contributed by atoms with van der Waals surface area (Å²) in [6.07, 6.45) is 5.67. The topological polar surface area (TPSA) is 35.5 Å². The Balaban J connectivity index is 2.28. The molecule has 1 fully saturated rings. The van der Waals surface area contributed by atoms with Gasteiger partial charge in [0, 0.05) is 7.11 Å². The van der Waals surface area contributed by atoms with Crippen LogP contribution in [-0.4, -0.2) is 25.8 Å². The molecule has 0 bridgehead atoms. The number of hydrogen-bond acceptors (Lipinski definition) is 3. The lowest BCUT2D eigenvalue weighted by molar-refractivity contribution is -0.146. The molecule has 0 unspecified atom stereocenters. The molecule has 0 N–H and O–H groups in total. The third kappa shape index (κ3) is 3.50. The fourth-order valence-electron chi connectivity index (χ4n) is 1.65. The second-order valence-corrected chi connectivity index (χ2v) is 3.70. The van der Waals surface area contributed by atoms with Crippen molar-refractivity contribution in [3.05, 3.63) is 12.2 Å². The van der Waals surface area contributed by atoms with Gasteiger partial charge >= 0.3 is 5.97 Å². The van der Waals surface area contributed by atoms with Crippen LogP contribution in [0.25, 0.3) is 0 Å². The van der Waals surface area contributed by atoms with E-state index in [0.717, 1.165) is 25.7 Å². The predicted octanol–water partition coefficient (Wildman–Crippen LogP) is 2.06. The number of methoxy groups -OCH3 is 1. The Morgan fingerprint density at radius 1 is 1.36 bits per heavy atom. The van der Waals surface area contributed by atoms with Crippen LogP contribution in [0.15, 0.2) is 12.2 Å². The Bertz CT molecular complexity index is 205. The lowest BCUT2D eigenvalue weighted by Crippen LogP contribution is -2.22. The molecule has 1 rings (SSSR count). The van der Waals surface area contributed by atoms with Gasteiger partial charge in [-0.25, -0.2) is 4.79 Å². The Hall–Kier alpha value is -0.830. The third-order valence-electron chi connectivity index (χ3n) is 2.43. The molecule has 0 radical (unpaired) electrons. The molecule has 1 aliphatic carbocycles. The molecule has 0 heterocycles. The summed E-state index contributed by atoms with van der Waals surface area (Å²) in [7, 11) is 1.54. The Morgan fingerprint density at radius 3 is 2.57 bits per heavy atom. The molecule has 80 valence electrons. The highest BCUT2D eigenvalue weighted by Crippen LogP contribution is 2.20. The largest absolute Gasteiger partial charge is 0.459 e. The van der Waals surface area contributed by atoms with Gasteiger partial charge in [0.25, 0.3) is 0 Å². The van der Waals surface area contributed by atoms with Crippen LogP contribution in [0.2, 0.25) is 0 Å². The van der Waals surface area contributed by atoms with Crippen molar-refractivity contribution in [2.24, 2.45) is 0 Å². The lowest BCUT2D eigenvalue weighted by atomic mass is 9.98. The molecule has 0 amide bonds. The van der Waals surface area contributed by atoms with E-state index < -0.39 is 0 Å². The second-order valence-electron chi connectivity index (χ2n) is 3.70. The highest BCUT2D eigenvalue weighted by Gasteiger charge is 2.18. The minimum absolute atomic E-state index is 0.102. The zero-order valence-electron chi connectivity index (χ0n) is 8.75. The normalized spacial score (nSPS) is 17.8. The third-order valence-corrected chi connectivity index (χ3v) is 2.43. The maximum absolute atomic E-state index is 11.4. The van der Waals surface area contributed by atoms with Crippen LogP contribution < -0.4 is 0 Å². The van der Waals surface area contributed by atoms with Crippen molar-refractivity contribution in [1.82, 2.24) is 0 Å². The molecule has 0 atom stereocenters. The van der Waals surface area contributed by atoms with E-state index in [1.165, 1.54) is 6.42 Å². The summed E-state index contributed by atoms with van der Waals surface area (Å²) < 4.78 is 10.1. The summed E-state index contributed by atoms with van der Waals surface area (Å²) in [6.45, 7) is 3.87. The number of carbonyl (C=O) groups excluding carboxylic acids is 1. The predicted molar refractivity (Wildman–Crippen MR) is 54.0 cm³/mol. The smallest absolute Gasteiger partial charge is 0.336 e. The Kier molecular flexibility index (Phi) is 4.66. The average Bonchev–Trinajstić information content (AvgIpc) is 2.19. The first-order chi connectivity index (χ1) is 6.74. The maximum Gasteiger partial charge on any atom is 0.336 e. The minimum Gasteiger partial charge on any atom is -0.459 e. The van der Waals surface area contributed by atoms with Gasteiger partial charge < -0.3 is 9.47 Å². The van der Waals surface area contributed by atoms with Gasteiger partial charge in [-0.2, -0.15) is 0 Å². The van der Waals surface area contributed by atoms with Gasteiger partial charge in [0.05, 0.1) is 12.2 Å². The Labute approximate surface area is 85.1 Å². The molecular formula is C11H18O3. The lowest BCUT2D eigenvalue weighted by Gasteiger charge is -2.22. The van der Waals surface area contributed by atoms with E-state index in [9.17, 15) is 4.79 Å². The molecule has 0 aromatic carbocycles. The number of hydrogen-bond donors (Lipinski definition) is 0. The van der Waals surface area contributed by atoms with E-state index in [1.54, 1.807) is 7.11 Å². The SMILES string of the molecule is C=C(COC)C(=O)OC1CCCCC1. The first kappa shape index (κ1) is 11.2. The standard InChI is InChI=1S/C11H18O3/c1-9(8-13-2)11(12)14-10-6-4-3-5-7-10/h10H,1,3-8H2,2H3. The van der Waals surface area contributed by atoms with Gasteiger partial charge in [0.15, 0.2) is 0 Å². The van der Waals surface area contributed by atoms with E-state index in [2.05, 4.69) is 6.58 Å². The highest BCUT2D eigenvalue weighted by atomic mass is 16.5. The first-order valence-corrected chi connectivity index (χ1v) is 5.11. The van der Waals surface area contributed by atoms with Crippen LogP contribution in [0.4, 0.5) is 0 Å². The van der Waals surface area contributed by atoms with E-state index in [4.69, 9.17) is 9.47 Å². The molecule has 0 saturated heterocycles. The molecule has 0 aromatic heterocycles. The van der Waals surface area contributed by atoms with Gasteiger partial charge in [0.2, 0.25) is 0 Å². The maximum atomic E-state index is 11.4. The van der Waals surface area contributed by atoms with E-state index in [-0.39, 0.29) is 18.7 Å². The monoisotopic (exact) mass is 198 g/mol. The van der Waals surface area contributed by atoms with E-state index in [1.807, 2.05) is 0 Å². The minimum atomic E-state index is -0.307. The molecule has 1 saturated carbocycles. The highest BCUT2D eigenvalue weighted by molar-refractivity contribution is 5.88. The van der Waals surface area contributed by atoms with Crippen LogP contribution >= 0.6 is 0 Å². The zero-order valence-corrected chi connectivity index (χ0v) is 8.75. The second kappa shape index (κ2) is 5.81. The fourth-order valence-corrected chi connectivity index (χ4v) is 1.65. The van der Waals surface area contributed by atoms with Crippen LogP contribution in [0.3, 0.4) is 0 Å². The van der Waals surface area contributed by atoms with E-state index in [0.29, 0.717) is 5.57 Å². The molecular weight excluding hydrogens is 180 g/mol. The van der Waals surface area contributed by atoms with Crippen molar-refractivity contribution in [2.75, 3.05) is 13.7 Å². The van der Waals surface area contributed by atoms with Crippen molar-refractivity contribution >= 4 is 5.97 Å². The van der Waals surface area contributed by atoms with Crippen LogP contribution in [-0.2, 0) is 14.3 Å². The van der Waals surface area contributed by atoms with Gasteiger partial charge in [0.1, 0.15) is 6.10 Å². The fraction of sp³-hybridized carbons (Fsp3) is 0.727. The van der Waals surface area contributed by atoms with Gasteiger partial charge in [-0.3, -0.25) is 0 Å². The first-order valence-electron chi connectivity index (χ1n) is 5.11. The van der Waals surface area contributed by atoms with Crippen molar-refractivity contribution < 1.29 is 14.3 Å². The molecule has 0 aliphatic heterocycles. The van der Waals surface area contributed by atoms with Gasteiger partial charge in [-0.1, -0.05) is 13.0 Å². The summed E-state index contributed by atoms with van der Waals surface area (Å²) in [5, 5.41) is 0. The summed E-state index contributed by atoms with van der Waals surface area (Å²) in [5.41, 5.74) is 0.401. The number of rotatable bonds is 4. The molecule has 3 heteroatoms. The van der Waals surface area contributed by atoms with E-state index >= 15 is 0 Å². The molecule has 14 heavy (non-hydrogen) atoms. The van der Waals surface area contributed by atoms with Crippen LogP contribution in [0.1, 0.15) is 32.1 Å². The summed E-state index contributed by atoms with van der Waals surface area (Å²) in [6, 6.07) is 0. The molecule has 1 aliphatic rings. The summed E-state index contributed by atoms with van der Waals surface area (Å²) in [5.74, 6) is -0.307. The number of ether oxygens (including phenoxy) is 2. The zero-order chi connectivity index (χ0) is 10.4. The summed E-state index contributed by atoms with van der Waals surface area (Å²) in [4.78, 5) is 11.4. The van der Waals surface area contributed by atoms with Crippen LogP contribution in [0, 0.1) is 0 Å².